The average Bonchev–Trinajstić information content (AvgIpc) is 2.43. The zero-order valence-electron chi connectivity index (χ0n) is 11.9. The van der Waals surface area contributed by atoms with Crippen molar-refractivity contribution in [3.05, 3.63) is 29.1 Å². The smallest absolute Gasteiger partial charge is 0.381 e. The number of anilines is 1. The SMILES string of the molecule is Cc1c(NC(=O)NC2CCOCC2)ccc(C(F)(F)F)c1F. The predicted octanol–water partition coefficient (Wildman–Crippen LogP) is 3.45. The first-order valence-electron chi connectivity index (χ1n) is 6.80. The molecule has 2 rings (SSSR count). The van der Waals surface area contributed by atoms with E-state index in [4.69, 9.17) is 4.74 Å². The van der Waals surface area contributed by atoms with Gasteiger partial charge < -0.3 is 15.4 Å². The molecule has 2 N–H and O–H groups in total. The van der Waals surface area contributed by atoms with Gasteiger partial charge in [-0.05, 0) is 31.9 Å². The molecule has 8 heteroatoms. The lowest BCUT2D eigenvalue weighted by molar-refractivity contribution is -0.140. The molecule has 4 nitrogen and oxygen atoms in total. The molecule has 0 radical (unpaired) electrons. The van der Waals surface area contributed by atoms with E-state index in [1.165, 1.54) is 6.92 Å². The van der Waals surface area contributed by atoms with Crippen LogP contribution in [0.2, 0.25) is 0 Å². The molecule has 0 aromatic heterocycles. The fraction of sp³-hybridized carbons (Fsp3) is 0.500. The second-order valence-corrected chi connectivity index (χ2v) is 5.08. The van der Waals surface area contributed by atoms with Crippen LogP contribution in [0.5, 0.6) is 0 Å². The minimum atomic E-state index is -4.77. The maximum absolute atomic E-state index is 13.8. The van der Waals surface area contributed by atoms with E-state index in [-0.39, 0.29) is 17.3 Å². The molecular weight excluding hydrogens is 304 g/mol. The minimum absolute atomic E-state index is 0.00931. The van der Waals surface area contributed by atoms with E-state index in [0.29, 0.717) is 32.1 Å². The number of carbonyl (C=O) groups excluding carboxylic acids is 1. The van der Waals surface area contributed by atoms with Crippen LogP contribution in [0.25, 0.3) is 0 Å². The van der Waals surface area contributed by atoms with Crippen molar-refractivity contribution in [2.75, 3.05) is 18.5 Å². The van der Waals surface area contributed by atoms with Crippen LogP contribution in [0.15, 0.2) is 12.1 Å². The Balaban J connectivity index is 2.06. The van der Waals surface area contributed by atoms with Gasteiger partial charge in [-0.3, -0.25) is 0 Å². The second kappa shape index (κ2) is 6.51. The summed E-state index contributed by atoms with van der Waals surface area (Å²) in [5, 5.41) is 5.06. The van der Waals surface area contributed by atoms with Gasteiger partial charge in [-0.1, -0.05) is 0 Å². The van der Waals surface area contributed by atoms with E-state index in [1.807, 2.05) is 0 Å². The summed E-state index contributed by atoms with van der Waals surface area (Å²) in [7, 11) is 0. The van der Waals surface area contributed by atoms with Crippen LogP contribution in [0.4, 0.5) is 28.0 Å². The molecule has 122 valence electrons. The lowest BCUT2D eigenvalue weighted by atomic mass is 10.1. The van der Waals surface area contributed by atoms with Crippen molar-refractivity contribution in [3.63, 3.8) is 0 Å². The fourth-order valence-electron chi connectivity index (χ4n) is 2.23. The van der Waals surface area contributed by atoms with Crippen LogP contribution in [-0.4, -0.2) is 25.3 Å². The lowest BCUT2D eigenvalue weighted by Gasteiger charge is -2.23. The molecule has 1 fully saturated rings. The maximum Gasteiger partial charge on any atom is 0.419 e. The number of hydrogen-bond acceptors (Lipinski definition) is 2. The van der Waals surface area contributed by atoms with Gasteiger partial charge in [-0.15, -0.1) is 0 Å². The van der Waals surface area contributed by atoms with Gasteiger partial charge in [-0.2, -0.15) is 13.2 Å². The highest BCUT2D eigenvalue weighted by molar-refractivity contribution is 5.90. The number of halogens is 4. The van der Waals surface area contributed by atoms with Crippen molar-refractivity contribution in [2.45, 2.75) is 32.0 Å². The molecule has 0 bridgehead atoms. The van der Waals surface area contributed by atoms with Crippen molar-refractivity contribution < 1.29 is 27.1 Å². The zero-order valence-corrected chi connectivity index (χ0v) is 11.9. The molecular formula is C14H16F4N2O2. The van der Waals surface area contributed by atoms with E-state index in [0.717, 1.165) is 6.07 Å². The van der Waals surface area contributed by atoms with Crippen LogP contribution in [0.1, 0.15) is 24.0 Å². The Kier molecular flexibility index (Phi) is 4.90. The van der Waals surface area contributed by atoms with Crippen molar-refractivity contribution >= 4 is 11.7 Å². The monoisotopic (exact) mass is 320 g/mol. The molecule has 0 unspecified atom stereocenters. The molecule has 1 aliphatic heterocycles. The molecule has 1 aliphatic rings. The number of amides is 2. The summed E-state index contributed by atoms with van der Waals surface area (Å²) in [5.41, 5.74) is -1.59. The largest absolute Gasteiger partial charge is 0.419 e. The summed E-state index contributed by atoms with van der Waals surface area (Å²) in [4.78, 5) is 11.8. The Bertz CT molecular complexity index is 555. The summed E-state index contributed by atoms with van der Waals surface area (Å²) in [6.07, 6.45) is -3.45. The second-order valence-electron chi connectivity index (χ2n) is 5.08. The number of nitrogens with one attached hydrogen (secondary N) is 2. The summed E-state index contributed by atoms with van der Waals surface area (Å²) < 4.78 is 56.7. The number of carbonyl (C=O) groups is 1. The highest BCUT2D eigenvalue weighted by Gasteiger charge is 2.35. The third-order valence-corrected chi connectivity index (χ3v) is 3.50. The minimum Gasteiger partial charge on any atom is -0.381 e. The zero-order chi connectivity index (χ0) is 16.3. The molecule has 0 aliphatic carbocycles. The van der Waals surface area contributed by atoms with Gasteiger partial charge >= 0.3 is 12.2 Å². The van der Waals surface area contributed by atoms with Crippen LogP contribution in [0, 0.1) is 12.7 Å². The van der Waals surface area contributed by atoms with Gasteiger partial charge in [0.2, 0.25) is 0 Å². The Morgan fingerprint density at radius 2 is 1.91 bits per heavy atom. The van der Waals surface area contributed by atoms with Crippen molar-refractivity contribution in [1.29, 1.82) is 0 Å². The topological polar surface area (TPSA) is 50.4 Å². The summed E-state index contributed by atoms with van der Waals surface area (Å²) in [5.74, 6) is -1.38. The quantitative estimate of drug-likeness (QED) is 0.820. The van der Waals surface area contributed by atoms with Crippen LogP contribution >= 0.6 is 0 Å². The number of ether oxygens (including phenoxy) is 1. The maximum atomic E-state index is 13.8. The molecule has 22 heavy (non-hydrogen) atoms. The van der Waals surface area contributed by atoms with Crippen molar-refractivity contribution in [1.82, 2.24) is 5.32 Å². The first-order chi connectivity index (χ1) is 10.3. The van der Waals surface area contributed by atoms with Gasteiger partial charge in [0.15, 0.2) is 0 Å². The van der Waals surface area contributed by atoms with Crippen LogP contribution < -0.4 is 10.6 Å². The van der Waals surface area contributed by atoms with Gasteiger partial charge in [0.25, 0.3) is 0 Å². The van der Waals surface area contributed by atoms with Crippen LogP contribution in [0.3, 0.4) is 0 Å². The number of hydrogen-bond donors (Lipinski definition) is 2. The molecule has 0 spiro atoms. The molecule has 0 saturated carbocycles. The van der Waals surface area contributed by atoms with E-state index < -0.39 is 23.6 Å². The highest BCUT2D eigenvalue weighted by Crippen LogP contribution is 2.34. The first-order valence-corrected chi connectivity index (χ1v) is 6.80. The van der Waals surface area contributed by atoms with Gasteiger partial charge in [0.05, 0.1) is 5.56 Å². The molecule has 1 saturated heterocycles. The summed E-state index contributed by atoms with van der Waals surface area (Å²) in [6.45, 7) is 2.27. The molecule has 1 heterocycles. The number of rotatable bonds is 2. The normalized spacial score (nSPS) is 16.4. The first kappa shape index (κ1) is 16.5. The van der Waals surface area contributed by atoms with Gasteiger partial charge in [0.1, 0.15) is 5.82 Å². The molecule has 0 atom stereocenters. The van der Waals surface area contributed by atoms with Crippen molar-refractivity contribution in [3.8, 4) is 0 Å². The highest BCUT2D eigenvalue weighted by atomic mass is 19.4. The van der Waals surface area contributed by atoms with Gasteiger partial charge in [-0.25, -0.2) is 9.18 Å². The molecule has 1 aromatic rings. The van der Waals surface area contributed by atoms with E-state index in [9.17, 15) is 22.4 Å². The van der Waals surface area contributed by atoms with E-state index >= 15 is 0 Å². The lowest BCUT2D eigenvalue weighted by Crippen LogP contribution is -2.41. The Morgan fingerprint density at radius 1 is 1.27 bits per heavy atom. The van der Waals surface area contributed by atoms with E-state index in [2.05, 4.69) is 10.6 Å². The Hall–Kier alpha value is -1.83. The number of alkyl halides is 3. The summed E-state index contributed by atoms with van der Waals surface area (Å²) in [6, 6.07) is 1.03. The Morgan fingerprint density at radius 3 is 2.50 bits per heavy atom. The van der Waals surface area contributed by atoms with Gasteiger partial charge in [0, 0.05) is 30.5 Å². The summed E-state index contributed by atoms with van der Waals surface area (Å²) >= 11 is 0. The Labute approximate surface area is 124 Å². The fourth-order valence-corrected chi connectivity index (χ4v) is 2.23. The molecule has 1 aromatic carbocycles. The predicted molar refractivity (Wildman–Crippen MR) is 72.1 cm³/mol. The van der Waals surface area contributed by atoms with E-state index in [1.54, 1.807) is 0 Å². The number of urea groups is 1. The number of benzene rings is 1. The van der Waals surface area contributed by atoms with Crippen molar-refractivity contribution in [2.24, 2.45) is 0 Å². The third-order valence-electron chi connectivity index (χ3n) is 3.50. The molecule has 2 amide bonds. The van der Waals surface area contributed by atoms with Crippen LogP contribution in [-0.2, 0) is 10.9 Å². The third kappa shape index (κ3) is 3.88. The standard InChI is InChI=1S/C14H16F4N2O2/c1-8-11(3-2-10(12(8)15)14(16,17)18)20-13(21)19-9-4-6-22-7-5-9/h2-3,9H,4-7H2,1H3,(H2,19,20,21). The average molecular weight is 320 g/mol.